The van der Waals surface area contributed by atoms with Gasteiger partial charge < -0.3 is 74.9 Å². The summed E-state index contributed by atoms with van der Waals surface area (Å²) in [5.41, 5.74) is 0.843. The van der Waals surface area contributed by atoms with E-state index < -0.39 is 95.2 Å². The minimum atomic E-state index is -2.32. The monoisotopic (exact) mass is 1150 g/mol. The van der Waals surface area contributed by atoms with E-state index in [-0.39, 0.29) is 82.4 Å². The third kappa shape index (κ3) is 9.99. The zero-order valence-electron chi connectivity index (χ0n) is 45.9. The van der Waals surface area contributed by atoms with E-state index in [1.165, 1.54) is 25.3 Å². The molecule has 2 aliphatic heterocycles. The number of rotatable bonds is 15. The lowest BCUT2D eigenvalue weighted by Gasteiger charge is -2.42. The number of benzene rings is 5. The van der Waals surface area contributed by atoms with Crippen LogP contribution in [-0.2, 0) is 43.7 Å². The summed E-state index contributed by atoms with van der Waals surface area (Å²) in [5, 5.41) is 68.9. The number of anilines is 3. The van der Waals surface area contributed by atoms with E-state index in [1.54, 1.807) is 66.0 Å². The van der Waals surface area contributed by atoms with Crippen LogP contribution in [-0.4, -0.2) is 134 Å². The molecule has 5 aromatic carbocycles. The lowest BCUT2D eigenvalue weighted by Crippen LogP contribution is -2.54. The Morgan fingerprint density at radius 3 is 2.43 bits per heavy atom. The summed E-state index contributed by atoms with van der Waals surface area (Å²) in [7, 11) is 4.05. The van der Waals surface area contributed by atoms with Gasteiger partial charge in [-0.25, -0.2) is 4.79 Å². The summed E-state index contributed by atoms with van der Waals surface area (Å²) >= 11 is 6.49. The molecular formula is C61H61ClN6O15. The van der Waals surface area contributed by atoms with Crippen LogP contribution in [0.25, 0.3) is 21.7 Å². The molecule has 1 saturated heterocycles. The average molecular weight is 1150 g/mol. The number of aromatic amines is 1. The maximum Gasteiger partial charge on any atom is 0.338 e. The lowest BCUT2D eigenvalue weighted by atomic mass is 9.73. The molecule has 0 radical (unpaired) electrons. The van der Waals surface area contributed by atoms with E-state index in [4.69, 9.17) is 30.5 Å². The van der Waals surface area contributed by atoms with Crippen molar-refractivity contribution >= 4 is 85.6 Å². The van der Waals surface area contributed by atoms with Crippen LogP contribution in [0.2, 0.25) is 0 Å². The Morgan fingerprint density at radius 2 is 1.69 bits per heavy atom. The first-order valence-corrected chi connectivity index (χ1v) is 27.8. The minimum Gasteiger partial charge on any atom is -0.507 e. The number of hydrogen-bond acceptors (Lipinski definition) is 16. The van der Waals surface area contributed by atoms with E-state index in [2.05, 4.69) is 33.9 Å². The van der Waals surface area contributed by atoms with Crippen molar-refractivity contribution in [1.82, 2.24) is 14.9 Å². The van der Waals surface area contributed by atoms with Gasteiger partial charge in [0.25, 0.3) is 11.8 Å². The van der Waals surface area contributed by atoms with Crippen molar-refractivity contribution in [1.29, 1.82) is 0 Å². The Morgan fingerprint density at radius 1 is 0.904 bits per heavy atom. The molecule has 83 heavy (non-hydrogen) atoms. The van der Waals surface area contributed by atoms with Crippen LogP contribution in [0, 0.1) is 0 Å². The normalized spacial score (nSPS) is 21.8. The standard InChI is InChI=1S/C61H61ClN6O15/c1-6-29-12-14-34-36(17-29)48-31(25-62)26-68(41(48)22-43(34)69)59(77)40-19-30-18-32(13-15-38(30)66-40)65-58(76)42-20-33(27-67(42)3)64-46(70)11-8-16-63-39-21-47(82-28(2)53(39)71)83-45-24-61(79,60(78)81-5)23-37-50(45)57(75)52-51(55(37)73)54(72)35-9-7-10-44(80-4)49(35)56(52)74/h7,9-10,12-15,17-20,22,27-28,31,39,45,47,53,63,66,69,71,73,75,79H,6,8,11,16,21,23-26H2,1-5H3,(H,64,70)(H,65,76)/t28-,31?,39-,45-,47?,53+,61-/m0/s1. The van der Waals surface area contributed by atoms with E-state index >= 15 is 0 Å². The summed E-state index contributed by atoms with van der Waals surface area (Å²) in [6, 6.07) is 19.7. The van der Waals surface area contributed by atoms with Crippen molar-refractivity contribution in [2.75, 3.05) is 48.7 Å². The number of aliphatic hydroxyl groups excluding tert-OH is 1. The summed E-state index contributed by atoms with van der Waals surface area (Å²) in [5.74, 6) is -4.90. The van der Waals surface area contributed by atoms with E-state index in [9.17, 15) is 54.3 Å². The fraction of sp³-hybridized carbons (Fsp3) is 0.344. The number of amides is 3. The van der Waals surface area contributed by atoms with Gasteiger partial charge >= 0.3 is 5.97 Å². The van der Waals surface area contributed by atoms with Crippen LogP contribution in [0.5, 0.6) is 23.0 Å². The molecular weight excluding hydrogens is 1090 g/mol. The van der Waals surface area contributed by atoms with Crippen molar-refractivity contribution in [3.63, 3.8) is 0 Å². The number of hydrogen-bond donors (Lipinski definition) is 9. The summed E-state index contributed by atoms with van der Waals surface area (Å²) in [4.78, 5) is 87.1. The number of ketones is 2. The Bertz CT molecular complexity index is 3850. The summed E-state index contributed by atoms with van der Waals surface area (Å²) in [6.07, 6.45) is -2.85. The highest BCUT2D eigenvalue weighted by molar-refractivity contribution is 6.31. The van der Waals surface area contributed by atoms with Crippen molar-refractivity contribution < 1.29 is 73.2 Å². The number of aromatic hydroxyl groups is 3. The fourth-order valence-electron chi connectivity index (χ4n) is 12.3. The van der Waals surface area contributed by atoms with Gasteiger partial charge in [-0.3, -0.25) is 24.0 Å². The van der Waals surface area contributed by atoms with Gasteiger partial charge in [0.05, 0.1) is 60.6 Å². The molecule has 3 amide bonds. The van der Waals surface area contributed by atoms with Gasteiger partial charge in [0.15, 0.2) is 17.7 Å². The number of aromatic nitrogens is 2. The highest BCUT2D eigenvalue weighted by Gasteiger charge is 2.51. The predicted molar refractivity (Wildman–Crippen MR) is 305 cm³/mol. The first kappa shape index (κ1) is 56.5. The van der Waals surface area contributed by atoms with Crippen LogP contribution >= 0.6 is 11.6 Å². The topological polar surface area (TPSA) is 301 Å². The second-order valence-electron chi connectivity index (χ2n) is 21.6. The highest BCUT2D eigenvalue weighted by atomic mass is 35.5. The predicted octanol–water partition coefficient (Wildman–Crippen LogP) is 7.14. The molecule has 22 heteroatoms. The zero-order valence-corrected chi connectivity index (χ0v) is 46.7. The van der Waals surface area contributed by atoms with Crippen molar-refractivity contribution in [3.05, 3.63) is 135 Å². The zero-order chi connectivity index (χ0) is 58.9. The molecule has 2 aromatic heterocycles. The van der Waals surface area contributed by atoms with Crippen LogP contribution in [0.1, 0.15) is 127 Å². The maximum atomic E-state index is 14.2. The number of phenols is 3. The summed E-state index contributed by atoms with van der Waals surface area (Å²) < 4.78 is 24.3. The second-order valence-corrected chi connectivity index (χ2v) is 21.9. The average Bonchev–Trinajstić information content (AvgIpc) is 4.39. The number of aliphatic hydroxyl groups is 2. The van der Waals surface area contributed by atoms with Crippen LogP contribution in [0.4, 0.5) is 17.1 Å². The molecule has 2 unspecified atom stereocenters. The number of alkyl halides is 1. The SMILES string of the molecule is CCc1ccc2c(O)cc3c(c2c1)C(CCl)CN3C(=O)c1cc2cc(NC(=O)c3cc(NC(=O)CCCN[C@H]4CC(O[C@H]5C[C@](O)(C(=O)OC)Cc6c(O)c7c(c(O)c65)C(=O)c5c(OC)cccc5C7=O)O[C@@H](C)[C@H]4O)cn3C)ccc2[nH]1. The number of fused-ring (bicyclic) bond motifs is 7. The van der Waals surface area contributed by atoms with Gasteiger partial charge in [0.1, 0.15) is 34.4 Å². The molecule has 21 nitrogen and oxygen atoms in total. The number of nitrogens with one attached hydrogen (secondary N) is 4. The molecule has 7 atom stereocenters. The molecule has 2 aliphatic carbocycles. The number of phenolic OH excluding ortho intramolecular Hbond substituents is 3. The number of halogens is 1. The van der Waals surface area contributed by atoms with Crippen LogP contribution < -0.4 is 25.6 Å². The fourth-order valence-corrected chi connectivity index (χ4v) is 12.5. The number of nitrogens with zero attached hydrogens (tertiary/aromatic N) is 2. The summed E-state index contributed by atoms with van der Waals surface area (Å²) in [6.45, 7) is 4.25. The third-order valence-electron chi connectivity index (χ3n) is 16.4. The van der Waals surface area contributed by atoms with Gasteiger partial charge in [0, 0.05) is 108 Å². The molecule has 1 fully saturated rings. The molecule has 11 rings (SSSR count). The Balaban J connectivity index is 0.711. The number of methoxy groups -OCH3 is 2. The smallest absolute Gasteiger partial charge is 0.338 e. The molecule has 0 bridgehead atoms. The number of H-pyrrole nitrogens is 1. The van der Waals surface area contributed by atoms with E-state index in [0.29, 0.717) is 52.0 Å². The molecule has 0 saturated carbocycles. The van der Waals surface area contributed by atoms with E-state index in [0.717, 1.165) is 30.0 Å². The molecule has 7 aromatic rings. The van der Waals surface area contributed by atoms with Gasteiger partial charge in [-0.2, -0.15) is 0 Å². The number of esters is 1. The molecule has 0 spiro atoms. The highest BCUT2D eigenvalue weighted by Crippen LogP contribution is 2.53. The van der Waals surface area contributed by atoms with Crippen molar-refractivity contribution in [2.24, 2.45) is 7.05 Å². The molecule has 4 heterocycles. The largest absolute Gasteiger partial charge is 0.507 e. The van der Waals surface area contributed by atoms with Gasteiger partial charge in [-0.05, 0) is 79.2 Å². The Labute approximate surface area is 480 Å². The maximum absolute atomic E-state index is 14.2. The first-order chi connectivity index (χ1) is 39.7. The van der Waals surface area contributed by atoms with Crippen LogP contribution in [0.15, 0.2) is 79.0 Å². The Hall–Kier alpha value is -8.31. The quantitative estimate of drug-likeness (QED) is 0.0213. The Kier molecular flexibility index (Phi) is 15.1. The lowest BCUT2D eigenvalue weighted by molar-refractivity contribution is -0.250. The van der Waals surface area contributed by atoms with Crippen LogP contribution in [0.3, 0.4) is 0 Å². The van der Waals surface area contributed by atoms with Gasteiger partial charge in [-0.1, -0.05) is 37.3 Å². The van der Waals surface area contributed by atoms with Gasteiger partial charge in [0.2, 0.25) is 11.7 Å². The minimum absolute atomic E-state index is 0.0109. The molecule has 4 aliphatic rings. The molecule has 432 valence electrons. The third-order valence-corrected chi connectivity index (χ3v) is 16.8. The number of aryl methyl sites for hydroxylation is 2. The van der Waals surface area contributed by atoms with Crippen molar-refractivity contribution in [3.8, 4) is 23.0 Å². The number of carbonyl (C=O) groups is 6. The van der Waals surface area contributed by atoms with Crippen molar-refractivity contribution in [2.45, 2.75) is 94.5 Å². The molecule has 9 N–H and O–H groups in total. The first-order valence-electron chi connectivity index (χ1n) is 27.2. The number of carbonyl (C=O) groups excluding carboxylic acids is 6. The van der Waals surface area contributed by atoms with E-state index in [1.807, 2.05) is 12.1 Å². The van der Waals surface area contributed by atoms with Gasteiger partial charge in [-0.15, -0.1) is 11.6 Å². The second kappa shape index (κ2) is 22.1. The number of ether oxygens (including phenoxy) is 4.